The lowest BCUT2D eigenvalue weighted by Gasteiger charge is -2.47. The number of benzene rings is 1. The van der Waals surface area contributed by atoms with E-state index < -0.39 is 22.9 Å². The Kier molecular flexibility index (Phi) is 12.4. The van der Waals surface area contributed by atoms with E-state index in [9.17, 15) is 19.0 Å². The van der Waals surface area contributed by atoms with Crippen molar-refractivity contribution in [2.24, 2.45) is 5.92 Å². The third-order valence-electron chi connectivity index (χ3n) is 7.11. The van der Waals surface area contributed by atoms with Crippen LogP contribution in [0, 0.1) is 5.92 Å². The van der Waals surface area contributed by atoms with Gasteiger partial charge in [0.05, 0.1) is 23.6 Å². The number of rotatable bonds is 15. The SMILES string of the molecule is CCNc1cc(C(=O)N[C@@H](Cc2cccs2)[C@H](O)CNC(C)CCCC(C)C)cc(N2CCCCS2(O)O)c1. The highest BCUT2D eigenvalue weighted by Gasteiger charge is 2.29. The van der Waals surface area contributed by atoms with Crippen LogP contribution in [0.2, 0.25) is 0 Å². The van der Waals surface area contributed by atoms with E-state index in [0.717, 1.165) is 36.2 Å². The van der Waals surface area contributed by atoms with Gasteiger partial charge in [0.15, 0.2) is 0 Å². The first-order chi connectivity index (χ1) is 18.6. The Bertz CT molecular complexity index is 1020. The second kappa shape index (κ2) is 15.3. The molecule has 3 rings (SSSR count). The van der Waals surface area contributed by atoms with Crippen molar-refractivity contribution in [3.63, 3.8) is 0 Å². The van der Waals surface area contributed by atoms with E-state index in [1.807, 2.05) is 30.5 Å². The average Bonchev–Trinajstić information content (AvgIpc) is 3.39. The van der Waals surface area contributed by atoms with E-state index in [1.54, 1.807) is 27.8 Å². The van der Waals surface area contributed by atoms with Crippen LogP contribution in [0.5, 0.6) is 0 Å². The zero-order chi connectivity index (χ0) is 28.4. The molecule has 0 bridgehead atoms. The molecule has 6 N–H and O–H groups in total. The predicted molar refractivity (Wildman–Crippen MR) is 166 cm³/mol. The molecular formula is C29H48N4O4S2. The van der Waals surface area contributed by atoms with Gasteiger partial charge >= 0.3 is 0 Å². The highest BCUT2D eigenvalue weighted by molar-refractivity contribution is 8.25. The minimum absolute atomic E-state index is 0.278. The monoisotopic (exact) mass is 580 g/mol. The number of nitrogens with one attached hydrogen (secondary N) is 3. The Balaban J connectivity index is 1.75. The summed E-state index contributed by atoms with van der Waals surface area (Å²) in [4.78, 5) is 14.7. The smallest absolute Gasteiger partial charge is 0.251 e. The van der Waals surface area contributed by atoms with Gasteiger partial charge in [0, 0.05) is 48.2 Å². The zero-order valence-corrected chi connectivity index (χ0v) is 25.5. The van der Waals surface area contributed by atoms with Crippen LogP contribution in [-0.2, 0) is 6.42 Å². The van der Waals surface area contributed by atoms with Crippen molar-refractivity contribution >= 4 is 39.4 Å². The second-order valence-electron chi connectivity index (χ2n) is 11.0. The number of anilines is 2. The lowest BCUT2D eigenvalue weighted by Crippen LogP contribution is -2.49. The third kappa shape index (κ3) is 9.95. The molecule has 39 heavy (non-hydrogen) atoms. The maximum Gasteiger partial charge on any atom is 0.251 e. The summed E-state index contributed by atoms with van der Waals surface area (Å²) in [7, 11) is -2.92. The number of aliphatic hydroxyl groups excluding tert-OH is 1. The molecule has 1 aliphatic heterocycles. The van der Waals surface area contributed by atoms with Crippen LogP contribution in [-0.4, -0.2) is 63.7 Å². The van der Waals surface area contributed by atoms with Gasteiger partial charge in [-0.05, 0) is 68.7 Å². The molecule has 0 saturated carbocycles. The number of hydrogen-bond donors (Lipinski definition) is 6. The molecule has 1 aromatic carbocycles. The first kappa shape index (κ1) is 31.7. The number of carbonyl (C=O) groups excluding carboxylic acids is 1. The standard InChI is InChI=1S/C29H48N4O4S2/c1-5-30-24-16-23(17-25(18-24)33-13-6-7-15-39(33,36)37)29(35)32-27(19-26-12-9-14-38-26)28(34)20-31-22(4)11-8-10-21(2)3/h9,12,14,16-18,21-22,27-28,30-31,34,36-37H,5-8,10-11,13,15,19-20H2,1-4H3,(H,32,35)/t22?,27-,28+/m0/s1. The number of amides is 1. The van der Waals surface area contributed by atoms with Crippen molar-refractivity contribution in [3.8, 4) is 0 Å². The largest absolute Gasteiger partial charge is 0.390 e. The number of aliphatic hydroxyl groups is 1. The molecule has 1 saturated heterocycles. The fourth-order valence-electron chi connectivity index (χ4n) is 4.88. The van der Waals surface area contributed by atoms with Crippen LogP contribution in [0.1, 0.15) is 75.0 Å². The Morgan fingerprint density at radius 1 is 1.15 bits per heavy atom. The van der Waals surface area contributed by atoms with Crippen LogP contribution in [0.15, 0.2) is 35.7 Å². The molecular weight excluding hydrogens is 532 g/mol. The fraction of sp³-hybridized carbons (Fsp3) is 0.621. The van der Waals surface area contributed by atoms with Crippen molar-refractivity contribution in [1.82, 2.24) is 10.6 Å². The summed E-state index contributed by atoms with van der Waals surface area (Å²) in [5.41, 5.74) is 1.78. The molecule has 0 aliphatic carbocycles. The molecule has 0 radical (unpaired) electrons. The van der Waals surface area contributed by atoms with Gasteiger partial charge in [-0.2, -0.15) is 0 Å². The van der Waals surface area contributed by atoms with Gasteiger partial charge in [-0.3, -0.25) is 18.2 Å². The summed E-state index contributed by atoms with van der Waals surface area (Å²) in [6.45, 7) is 10.2. The highest BCUT2D eigenvalue weighted by Crippen LogP contribution is 2.50. The number of hydrogen-bond acceptors (Lipinski definition) is 8. The molecule has 10 heteroatoms. The zero-order valence-electron chi connectivity index (χ0n) is 23.9. The summed E-state index contributed by atoms with van der Waals surface area (Å²) in [6, 6.07) is 9.16. The van der Waals surface area contributed by atoms with Crippen molar-refractivity contribution in [1.29, 1.82) is 0 Å². The molecule has 1 aromatic heterocycles. The topological polar surface area (TPSA) is 117 Å². The maximum absolute atomic E-state index is 13.6. The van der Waals surface area contributed by atoms with E-state index in [2.05, 4.69) is 36.7 Å². The third-order valence-corrected chi connectivity index (χ3v) is 9.94. The molecule has 1 fully saturated rings. The van der Waals surface area contributed by atoms with E-state index in [1.165, 1.54) is 6.42 Å². The lowest BCUT2D eigenvalue weighted by atomic mass is 10.0. The van der Waals surface area contributed by atoms with Crippen molar-refractivity contribution < 1.29 is 19.0 Å². The minimum atomic E-state index is -2.92. The van der Waals surface area contributed by atoms with Gasteiger partial charge in [-0.25, -0.2) is 0 Å². The van der Waals surface area contributed by atoms with E-state index in [-0.39, 0.29) is 11.9 Å². The normalized spacial score (nSPS) is 18.4. The Morgan fingerprint density at radius 3 is 2.62 bits per heavy atom. The summed E-state index contributed by atoms with van der Waals surface area (Å²) in [5.74, 6) is 0.718. The van der Waals surface area contributed by atoms with Crippen LogP contribution in [0.4, 0.5) is 11.4 Å². The van der Waals surface area contributed by atoms with E-state index in [0.29, 0.717) is 49.0 Å². The quantitative estimate of drug-likeness (QED) is 0.154. The summed E-state index contributed by atoms with van der Waals surface area (Å²) in [6.07, 6.45) is 4.76. The molecule has 3 atom stereocenters. The van der Waals surface area contributed by atoms with Gasteiger partial charge in [-0.1, -0.05) is 32.8 Å². The summed E-state index contributed by atoms with van der Waals surface area (Å²) < 4.78 is 23.0. The van der Waals surface area contributed by atoms with Crippen molar-refractivity contribution in [2.75, 3.05) is 35.0 Å². The van der Waals surface area contributed by atoms with E-state index >= 15 is 0 Å². The molecule has 220 valence electrons. The molecule has 1 unspecified atom stereocenters. The molecule has 2 heterocycles. The highest BCUT2D eigenvalue weighted by atomic mass is 32.3. The first-order valence-corrected chi connectivity index (χ1v) is 16.8. The number of nitrogens with zero attached hydrogens (tertiary/aromatic N) is 1. The Morgan fingerprint density at radius 2 is 1.95 bits per heavy atom. The van der Waals surface area contributed by atoms with Crippen molar-refractivity contribution in [3.05, 3.63) is 46.2 Å². The molecule has 0 spiro atoms. The summed E-state index contributed by atoms with van der Waals surface area (Å²) in [5, 5.41) is 23.0. The van der Waals surface area contributed by atoms with Gasteiger partial charge in [0.1, 0.15) is 0 Å². The first-order valence-electron chi connectivity index (χ1n) is 14.3. The Hall–Kier alpha value is -1.82. The molecule has 1 aliphatic rings. The van der Waals surface area contributed by atoms with E-state index in [4.69, 9.17) is 0 Å². The van der Waals surface area contributed by atoms with Crippen molar-refractivity contribution in [2.45, 2.75) is 84.4 Å². The van der Waals surface area contributed by atoms with Gasteiger partial charge in [0.2, 0.25) is 0 Å². The van der Waals surface area contributed by atoms with Gasteiger partial charge in [0.25, 0.3) is 5.91 Å². The number of carbonyl (C=O) groups is 1. The molecule has 2 aromatic rings. The molecule has 1 amide bonds. The second-order valence-corrected chi connectivity index (χ2v) is 14.2. The van der Waals surface area contributed by atoms with Crippen LogP contribution in [0.25, 0.3) is 0 Å². The Labute approximate surface area is 240 Å². The van der Waals surface area contributed by atoms with Crippen LogP contribution >= 0.6 is 22.1 Å². The van der Waals surface area contributed by atoms with Crippen LogP contribution < -0.4 is 20.3 Å². The summed E-state index contributed by atoms with van der Waals surface area (Å²) >= 11 is 1.61. The fourth-order valence-corrected chi connectivity index (χ4v) is 7.32. The average molecular weight is 581 g/mol. The van der Waals surface area contributed by atoms with Crippen LogP contribution in [0.3, 0.4) is 0 Å². The molecule has 8 nitrogen and oxygen atoms in total. The number of thiophene rings is 1. The van der Waals surface area contributed by atoms with Gasteiger partial charge in [-0.15, -0.1) is 22.1 Å². The predicted octanol–water partition coefficient (Wildman–Crippen LogP) is 5.95. The lowest BCUT2D eigenvalue weighted by molar-refractivity contribution is 0.0826. The maximum atomic E-state index is 13.6. The minimum Gasteiger partial charge on any atom is -0.390 e. The van der Waals surface area contributed by atoms with Gasteiger partial charge < -0.3 is 21.1 Å².